The molecule has 0 aromatic heterocycles. The van der Waals surface area contributed by atoms with Gasteiger partial charge in [0.2, 0.25) is 6.10 Å². The van der Waals surface area contributed by atoms with E-state index in [0.717, 1.165) is 0 Å². The van der Waals surface area contributed by atoms with E-state index in [-0.39, 0.29) is 11.5 Å². The minimum Gasteiger partial charge on any atom is -0.497 e. The van der Waals surface area contributed by atoms with Gasteiger partial charge in [0.15, 0.2) is 0 Å². The minimum atomic E-state index is -1.05. The van der Waals surface area contributed by atoms with Crippen LogP contribution in [0.2, 0.25) is 0 Å². The highest BCUT2D eigenvalue weighted by Crippen LogP contribution is 2.28. The predicted octanol–water partition coefficient (Wildman–Crippen LogP) is 2.46. The summed E-state index contributed by atoms with van der Waals surface area (Å²) in [6.07, 6.45) is -1.05. The van der Waals surface area contributed by atoms with Crippen LogP contribution in [-0.2, 0) is 14.3 Å². The second-order valence-electron chi connectivity index (χ2n) is 6.20. The largest absolute Gasteiger partial charge is 0.497 e. The lowest BCUT2D eigenvalue weighted by atomic mass is 10.1. The molecule has 2 aromatic rings. The maximum absolute atomic E-state index is 13.1. The Hall–Kier alpha value is -3.06. The highest BCUT2D eigenvalue weighted by atomic mass is 16.6. The van der Waals surface area contributed by atoms with Crippen molar-refractivity contribution >= 4 is 11.9 Å². The number of ether oxygens (including phenoxy) is 4. The van der Waals surface area contributed by atoms with Gasteiger partial charge >= 0.3 is 5.97 Å². The van der Waals surface area contributed by atoms with E-state index < -0.39 is 12.1 Å². The Morgan fingerprint density at radius 2 is 1.71 bits per heavy atom. The maximum Gasteiger partial charge on any atom is 0.343 e. The number of amides is 1. The molecule has 3 rings (SSSR count). The van der Waals surface area contributed by atoms with E-state index in [1.165, 1.54) is 20.3 Å². The van der Waals surface area contributed by atoms with Crippen molar-refractivity contribution in [2.45, 2.75) is 6.10 Å². The van der Waals surface area contributed by atoms with E-state index in [4.69, 9.17) is 18.9 Å². The first-order valence-electron chi connectivity index (χ1n) is 8.98. The molecule has 0 saturated carbocycles. The summed E-state index contributed by atoms with van der Waals surface area (Å²) in [6, 6.07) is 13.8. The summed E-state index contributed by atoms with van der Waals surface area (Å²) in [5.41, 5.74) is 0.798. The number of morpholine rings is 1. The number of rotatable bonds is 6. The standard InChI is InChI=1S/C21H23NO6/c1-25-16-8-9-18(26-2)17(14-16)21(24)28-19(15-6-4-3-5-7-15)20(23)22-10-12-27-13-11-22/h3-9,14,19H,10-13H2,1-2H3/t19-/m0/s1. The molecule has 1 fully saturated rings. The summed E-state index contributed by atoms with van der Waals surface area (Å²) in [5, 5.41) is 0. The first-order valence-corrected chi connectivity index (χ1v) is 8.98. The van der Waals surface area contributed by atoms with Crippen molar-refractivity contribution in [1.29, 1.82) is 0 Å². The highest BCUT2D eigenvalue weighted by Gasteiger charge is 2.31. The van der Waals surface area contributed by atoms with Crippen molar-refractivity contribution in [3.63, 3.8) is 0 Å². The molecule has 0 N–H and O–H groups in total. The van der Waals surface area contributed by atoms with Crippen molar-refractivity contribution in [1.82, 2.24) is 4.90 Å². The van der Waals surface area contributed by atoms with Crippen LogP contribution in [0.4, 0.5) is 0 Å². The Balaban J connectivity index is 1.89. The highest BCUT2D eigenvalue weighted by molar-refractivity contribution is 5.95. The summed E-state index contributed by atoms with van der Waals surface area (Å²) < 4.78 is 21.4. The van der Waals surface area contributed by atoms with Crippen LogP contribution in [0.25, 0.3) is 0 Å². The molecule has 0 unspecified atom stereocenters. The van der Waals surface area contributed by atoms with Gasteiger partial charge < -0.3 is 23.8 Å². The summed E-state index contributed by atoms with van der Waals surface area (Å²) in [5.74, 6) is -0.101. The van der Waals surface area contributed by atoms with Crippen molar-refractivity contribution in [3.05, 3.63) is 59.7 Å². The monoisotopic (exact) mass is 385 g/mol. The lowest BCUT2D eigenvalue weighted by Crippen LogP contribution is -2.44. The zero-order chi connectivity index (χ0) is 19.9. The number of hydrogen-bond donors (Lipinski definition) is 0. The van der Waals surface area contributed by atoms with Gasteiger partial charge in [0.1, 0.15) is 17.1 Å². The Bertz CT molecular complexity index is 817. The maximum atomic E-state index is 13.1. The van der Waals surface area contributed by atoms with Crippen molar-refractivity contribution < 1.29 is 28.5 Å². The molecule has 1 aliphatic rings. The van der Waals surface area contributed by atoms with E-state index in [2.05, 4.69) is 0 Å². The molecule has 1 saturated heterocycles. The Kier molecular flexibility index (Phi) is 6.49. The summed E-state index contributed by atoms with van der Waals surface area (Å²) >= 11 is 0. The molecule has 148 valence electrons. The molecule has 2 aromatic carbocycles. The first kappa shape index (κ1) is 19.7. The van der Waals surface area contributed by atoms with Crippen LogP contribution in [0.1, 0.15) is 22.0 Å². The third-order valence-electron chi connectivity index (χ3n) is 4.50. The van der Waals surface area contributed by atoms with E-state index in [1.807, 2.05) is 6.07 Å². The quantitative estimate of drug-likeness (QED) is 0.711. The fraction of sp³-hybridized carbons (Fsp3) is 0.333. The molecule has 7 heteroatoms. The Labute approximate surface area is 163 Å². The van der Waals surface area contributed by atoms with E-state index in [1.54, 1.807) is 41.3 Å². The van der Waals surface area contributed by atoms with Crippen molar-refractivity contribution in [2.24, 2.45) is 0 Å². The van der Waals surface area contributed by atoms with Crippen LogP contribution < -0.4 is 9.47 Å². The van der Waals surface area contributed by atoms with E-state index in [9.17, 15) is 9.59 Å². The Morgan fingerprint density at radius 3 is 2.36 bits per heavy atom. The fourth-order valence-electron chi connectivity index (χ4n) is 2.98. The van der Waals surface area contributed by atoms with Gasteiger partial charge in [-0.3, -0.25) is 4.79 Å². The second kappa shape index (κ2) is 9.23. The molecule has 28 heavy (non-hydrogen) atoms. The number of carbonyl (C=O) groups is 2. The van der Waals surface area contributed by atoms with Crippen LogP contribution in [0.5, 0.6) is 11.5 Å². The number of methoxy groups -OCH3 is 2. The summed E-state index contributed by atoms with van der Waals surface area (Å²) in [7, 11) is 2.97. The number of benzene rings is 2. The molecule has 0 radical (unpaired) electrons. The summed E-state index contributed by atoms with van der Waals surface area (Å²) in [4.78, 5) is 27.6. The van der Waals surface area contributed by atoms with Crippen LogP contribution >= 0.6 is 0 Å². The zero-order valence-electron chi connectivity index (χ0n) is 15.9. The number of carbonyl (C=O) groups excluding carboxylic acids is 2. The molecule has 1 heterocycles. The molecule has 0 spiro atoms. The third kappa shape index (κ3) is 4.43. The Morgan fingerprint density at radius 1 is 1.00 bits per heavy atom. The molecular formula is C21H23NO6. The molecule has 0 aliphatic carbocycles. The normalized spacial score (nSPS) is 14.9. The van der Waals surface area contributed by atoms with Gasteiger partial charge in [-0.25, -0.2) is 4.79 Å². The SMILES string of the molecule is COc1ccc(OC)c(C(=O)O[C@H](C(=O)N2CCOCC2)c2ccccc2)c1. The summed E-state index contributed by atoms with van der Waals surface area (Å²) in [6.45, 7) is 1.85. The lowest BCUT2D eigenvalue weighted by Gasteiger charge is -2.30. The number of nitrogens with zero attached hydrogens (tertiary/aromatic N) is 1. The minimum absolute atomic E-state index is 0.192. The van der Waals surface area contributed by atoms with Crippen LogP contribution in [0.3, 0.4) is 0 Å². The van der Waals surface area contributed by atoms with Gasteiger partial charge in [-0.2, -0.15) is 0 Å². The van der Waals surface area contributed by atoms with Gasteiger partial charge in [0.25, 0.3) is 5.91 Å². The molecule has 1 amide bonds. The van der Waals surface area contributed by atoms with Crippen LogP contribution in [0, 0.1) is 0 Å². The zero-order valence-corrected chi connectivity index (χ0v) is 15.9. The van der Waals surface area contributed by atoms with Gasteiger partial charge in [0, 0.05) is 18.7 Å². The smallest absolute Gasteiger partial charge is 0.343 e. The number of esters is 1. The van der Waals surface area contributed by atoms with Crippen LogP contribution in [-0.4, -0.2) is 57.3 Å². The van der Waals surface area contributed by atoms with Crippen LogP contribution in [0.15, 0.2) is 48.5 Å². The average molecular weight is 385 g/mol. The molecule has 7 nitrogen and oxygen atoms in total. The second-order valence-corrected chi connectivity index (χ2v) is 6.20. The van der Waals surface area contributed by atoms with Gasteiger partial charge in [-0.1, -0.05) is 30.3 Å². The third-order valence-corrected chi connectivity index (χ3v) is 4.50. The first-order chi connectivity index (χ1) is 13.6. The van der Waals surface area contributed by atoms with E-state index in [0.29, 0.717) is 43.4 Å². The average Bonchev–Trinajstić information content (AvgIpc) is 2.77. The van der Waals surface area contributed by atoms with Crippen molar-refractivity contribution in [3.8, 4) is 11.5 Å². The topological polar surface area (TPSA) is 74.3 Å². The molecule has 1 atom stereocenters. The van der Waals surface area contributed by atoms with Gasteiger partial charge in [-0.15, -0.1) is 0 Å². The molecule has 0 bridgehead atoms. The lowest BCUT2D eigenvalue weighted by molar-refractivity contribution is -0.145. The molecule has 1 aliphatic heterocycles. The van der Waals surface area contributed by atoms with Crippen molar-refractivity contribution in [2.75, 3.05) is 40.5 Å². The van der Waals surface area contributed by atoms with E-state index >= 15 is 0 Å². The molecular weight excluding hydrogens is 362 g/mol. The number of hydrogen-bond acceptors (Lipinski definition) is 6. The fourth-order valence-corrected chi connectivity index (χ4v) is 2.98. The van der Waals surface area contributed by atoms with Gasteiger partial charge in [0.05, 0.1) is 27.4 Å². The predicted molar refractivity (Wildman–Crippen MR) is 102 cm³/mol. The van der Waals surface area contributed by atoms with Gasteiger partial charge in [-0.05, 0) is 18.2 Å².